The van der Waals surface area contributed by atoms with Crippen molar-refractivity contribution in [3.05, 3.63) is 82.9 Å². The van der Waals surface area contributed by atoms with Crippen LogP contribution in [0.4, 0.5) is 0 Å². The van der Waals surface area contributed by atoms with E-state index in [1.807, 2.05) is 74.5 Å². The van der Waals surface area contributed by atoms with Crippen LogP contribution in [0.25, 0.3) is 12.2 Å². The molecule has 0 bridgehead atoms. The van der Waals surface area contributed by atoms with Gasteiger partial charge in [0, 0.05) is 24.7 Å². The van der Waals surface area contributed by atoms with E-state index < -0.39 is 0 Å². The number of rotatable bonds is 7. The maximum Gasteiger partial charge on any atom is 0.244 e. The predicted molar refractivity (Wildman–Crippen MR) is 141 cm³/mol. The average molecular weight is 459 g/mol. The largest absolute Gasteiger partial charge is 0.352 e. The van der Waals surface area contributed by atoms with Gasteiger partial charge in [-0.3, -0.25) is 9.59 Å². The van der Waals surface area contributed by atoms with Gasteiger partial charge in [0.15, 0.2) is 0 Å². The summed E-state index contributed by atoms with van der Waals surface area (Å²) in [6.45, 7) is 11.4. The van der Waals surface area contributed by atoms with Crippen molar-refractivity contribution >= 4 is 24.0 Å². The van der Waals surface area contributed by atoms with E-state index in [0.717, 1.165) is 30.4 Å². The molecule has 1 saturated carbocycles. The van der Waals surface area contributed by atoms with Crippen LogP contribution >= 0.6 is 0 Å². The lowest BCUT2D eigenvalue weighted by Gasteiger charge is -2.46. The minimum Gasteiger partial charge on any atom is -0.352 e. The Morgan fingerprint density at radius 3 is 1.85 bits per heavy atom. The molecule has 2 aromatic carbocycles. The third-order valence-corrected chi connectivity index (χ3v) is 6.49. The quantitative estimate of drug-likeness (QED) is 0.512. The van der Waals surface area contributed by atoms with Crippen LogP contribution in [0.5, 0.6) is 0 Å². The summed E-state index contributed by atoms with van der Waals surface area (Å²) in [6.07, 6.45) is 9.65. The van der Waals surface area contributed by atoms with Crippen LogP contribution < -0.4 is 10.6 Å². The van der Waals surface area contributed by atoms with Gasteiger partial charge < -0.3 is 10.6 Å². The fourth-order valence-corrected chi connectivity index (χ4v) is 5.18. The molecule has 0 aliphatic heterocycles. The molecule has 0 aromatic heterocycles. The first-order valence-electron chi connectivity index (χ1n) is 12.1. The molecule has 0 spiro atoms. The van der Waals surface area contributed by atoms with Gasteiger partial charge in [-0.1, -0.05) is 80.4 Å². The van der Waals surface area contributed by atoms with Crippen molar-refractivity contribution in [2.24, 2.45) is 10.8 Å². The third-order valence-electron chi connectivity index (χ3n) is 6.49. The van der Waals surface area contributed by atoms with Gasteiger partial charge in [-0.15, -0.1) is 0 Å². The summed E-state index contributed by atoms with van der Waals surface area (Å²) in [5, 5.41) is 6.28. The van der Waals surface area contributed by atoms with Crippen molar-refractivity contribution in [2.75, 3.05) is 6.54 Å². The summed E-state index contributed by atoms with van der Waals surface area (Å²) in [4.78, 5) is 25.1. The van der Waals surface area contributed by atoms with Gasteiger partial charge in [-0.05, 0) is 67.2 Å². The number of nitrogens with one attached hydrogen (secondary N) is 2. The minimum absolute atomic E-state index is 0.0731. The zero-order chi connectivity index (χ0) is 24.8. The highest BCUT2D eigenvalue weighted by molar-refractivity contribution is 5.92. The number of hydrogen-bond donors (Lipinski definition) is 2. The molecule has 2 N–H and O–H groups in total. The number of carbonyl (C=O) groups excluding carboxylic acids is 2. The maximum absolute atomic E-state index is 12.6. The second kappa shape index (κ2) is 10.9. The highest BCUT2D eigenvalue weighted by Crippen LogP contribution is 2.45. The van der Waals surface area contributed by atoms with Crippen molar-refractivity contribution in [1.82, 2.24) is 10.6 Å². The van der Waals surface area contributed by atoms with Gasteiger partial charge in [0.25, 0.3) is 0 Å². The van der Waals surface area contributed by atoms with E-state index in [1.54, 1.807) is 12.2 Å². The van der Waals surface area contributed by atoms with Gasteiger partial charge in [-0.25, -0.2) is 0 Å². The minimum atomic E-state index is -0.0909. The van der Waals surface area contributed by atoms with Crippen LogP contribution in [0.3, 0.4) is 0 Å². The van der Waals surface area contributed by atoms with Crippen molar-refractivity contribution in [1.29, 1.82) is 0 Å². The molecule has 4 heteroatoms. The molecular weight excluding hydrogens is 420 g/mol. The van der Waals surface area contributed by atoms with Crippen LogP contribution in [-0.2, 0) is 9.59 Å². The Morgan fingerprint density at radius 2 is 1.32 bits per heavy atom. The normalized spacial score (nSPS) is 22.1. The van der Waals surface area contributed by atoms with Crippen molar-refractivity contribution < 1.29 is 9.59 Å². The first kappa shape index (κ1) is 25.5. The fourth-order valence-electron chi connectivity index (χ4n) is 5.18. The predicted octanol–water partition coefficient (Wildman–Crippen LogP) is 5.85. The molecule has 1 aliphatic carbocycles. The van der Waals surface area contributed by atoms with Crippen LogP contribution in [0.1, 0.15) is 62.3 Å². The van der Waals surface area contributed by atoms with Gasteiger partial charge in [0.05, 0.1) is 0 Å². The highest BCUT2D eigenvalue weighted by atomic mass is 16.2. The first-order chi connectivity index (χ1) is 16.0. The lowest BCUT2D eigenvalue weighted by Crippen LogP contribution is -2.50. The van der Waals surface area contributed by atoms with Crippen molar-refractivity contribution in [3.8, 4) is 0 Å². The molecule has 2 unspecified atom stereocenters. The smallest absolute Gasteiger partial charge is 0.244 e. The SMILES string of the molecule is Cc1ccc(C=CC(=O)NCC2(C)CC(NC(=O)C=Cc3ccc(C)cc3)CC(C)(C)C2)cc1. The Labute approximate surface area is 204 Å². The molecule has 34 heavy (non-hydrogen) atoms. The number of carbonyl (C=O) groups is 2. The Morgan fingerprint density at radius 1 is 0.824 bits per heavy atom. The molecule has 4 nitrogen and oxygen atoms in total. The van der Waals surface area contributed by atoms with E-state index in [2.05, 4.69) is 31.4 Å². The molecule has 2 aromatic rings. The van der Waals surface area contributed by atoms with Gasteiger partial charge in [0.2, 0.25) is 11.8 Å². The van der Waals surface area contributed by atoms with Crippen molar-refractivity contribution in [3.63, 3.8) is 0 Å². The summed E-state index contributed by atoms with van der Waals surface area (Å²) in [6, 6.07) is 16.2. The molecule has 1 fully saturated rings. The van der Waals surface area contributed by atoms with Crippen LogP contribution in [0, 0.1) is 24.7 Å². The van der Waals surface area contributed by atoms with Gasteiger partial charge in [-0.2, -0.15) is 0 Å². The number of hydrogen-bond acceptors (Lipinski definition) is 2. The Hall–Kier alpha value is -3.14. The molecule has 2 atom stereocenters. The third kappa shape index (κ3) is 8.02. The van der Waals surface area contributed by atoms with Gasteiger partial charge >= 0.3 is 0 Å². The standard InChI is InChI=1S/C30H38N2O2/c1-22-6-10-24(11-7-22)14-16-27(33)31-21-30(5)19-26(18-29(3,4)20-30)32-28(34)17-15-25-12-8-23(2)9-13-25/h6-17,26H,18-21H2,1-5H3,(H,31,33)(H,32,34). The van der Waals surface area contributed by atoms with E-state index in [1.165, 1.54) is 11.1 Å². The Kier molecular flexibility index (Phi) is 8.14. The summed E-state index contributed by atoms with van der Waals surface area (Å²) in [7, 11) is 0. The van der Waals surface area contributed by atoms with Crippen LogP contribution in [0.2, 0.25) is 0 Å². The van der Waals surface area contributed by atoms with Gasteiger partial charge in [0.1, 0.15) is 0 Å². The topological polar surface area (TPSA) is 58.2 Å². The summed E-state index contributed by atoms with van der Waals surface area (Å²) in [5.41, 5.74) is 4.40. The molecule has 1 aliphatic rings. The lowest BCUT2D eigenvalue weighted by atomic mass is 9.62. The second-order valence-corrected chi connectivity index (χ2v) is 11.0. The van der Waals surface area contributed by atoms with Crippen LogP contribution in [-0.4, -0.2) is 24.4 Å². The molecule has 3 rings (SSSR count). The number of benzene rings is 2. The molecule has 2 amide bonds. The van der Waals surface area contributed by atoms with E-state index in [4.69, 9.17) is 0 Å². The molecule has 180 valence electrons. The summed E-state index contributed by atoms with van der Waals surface area (Å²) < 4.78 is 0. The highest BCUT2D eigenvalue weighted by Gasteiger charge is 2.41. The number of amides is 2. The maximum atomic E-state index is 12.6. The summed E-state index contributed by atoms with van der Waals surface area (Å²) >= 11 is 0. The Bertz CT molecular complexity index is 1050. The van der Waals surface area contributed by atoms with E-state index >= 15 is 0 Å². The number of aryl methyl sites for hydroxylation is 2. The lowest BCUT2D eigenvalue weighted by molar-refractivity contribution is -0.119. The Balaban J connectivity index is 1.56. The average Bonchev–Trinajstić information content (AvgIpc) is 2.75. The molecule has 0 heterocycles. The van der Waals surface area contributed by atoms with E-state index in [9.17, 15) is 9.59 Å². The monoisotopic (exact) mass is 458 g/mol. The zero-order valence-corrected chi connectivity index (χ0v) is 21.2. The second-order valence-electron chi connectivity index (χ2n) is 11.0. The van der Waals surface area contributed by atoms with Crippen LogP contribution in [0.15, 0.2) is 60.7 Å². The first-order valence-corrected chi connectivity index (χ1v) is 12.1. The zero-order valence-electron chi connectivity index (χ0n) is 21.2. The molecule has 0 radical (unpaired) electrons. The molecular formula is C30H38N2O2. The molecule has 0 saturated heterocycles. The van der Waals surface area contributed by atoms with Crippen molar-refractivity contribution in [2.45, 2.75) is 59.9 Å². The van der Waals surface area contributed by atoms with E-state index in [-0.39, 0.29) is 28.7 Å². The van der Waals surface area contributed by atoms with E-state index in [0.29, 0.717) is 6.54 Å². The summed E-state index contributed by atoms with van der Waals surface area (Å²) in [5.74, 6) is -0.164. The fraction of sp³-hybridized carbons (Fsp3) is 0.400.